The maximum atomic E-state index is 11.4. The normalized spacial score (nSPS) is 28.9. The monoisotopic (exact) mass is 249 g/mol. The van der Waals surface area contributed by atoms with Crippen molar-refractivity contribution in [3.05, 3.63) is 0 Å². The van der Waals surface area contributed by atoms with Gasteiger partial charge >= 0.3 is 0 Å². The summed E-state index contributed by atoms with van der Waals surface area (Å²) < 4.78 is 22.8. The molecule has 0 spiro atoms. The average Bonchev–Trinajstić information content (AvgIpc) is 2.20. The van der Waals surface area contributed by atoms with Crippen LogP contribution in [0.2, 0.25) is 0 Å². The second kappa shape index (κ2) is 5.01. The third kappa shape index (κ3) is 2.85. The van der Waals surface area contributed by atoms with E-state index in [4.69, 9.17) is 10.9 Å². The summed E-state index contributed by atoms with van der Waals surface area (Å²) in [6, 6.07) is -0.278. The molecule has 1 aliphatic heterocycles. The molecule has 16 heavy (non-hydrogen) atoms. The van der Waals surface area contributed by atoms with Crippen LogP contribution in [0, 0.1) is 0 Å². The maximum absolute atomic E-state index is 11.4. The first-order chi connectivity index (χ1) is 7.41. The molecule has 0 aromatic rings. The first kappa shape index (κ1) is 13.2. The highest BCUT2D eigenvalue weighted by atomic mass is 32.2. The van der Waals surface area contributed by atoms with E-state index in [2.05, 4.69) is 5.16 Å². The molecule has 2 atom stereocenters. The van der Waals surface area contributed by atoms with E-state index in [1.807, 2.05) is 18.7 Å². The third-order valence-corrected chi connectivity index (χ3v) is 4.76. The molecule has 1 rings (SSSR count). The second-order valence-corrected chi connectivity index (χ2v) is 6.38. The second-order valence-electron chi connectivity index (χ2n) is 4.15. The highest BCUT2D eigenvalue weighted by Gasteiger charge is 2.33. The summed E-state index contributed by atoms with van der Waals surface area (Å²) in [6.07, 6.45) is 0.695. The van der Waals surface area contributed by atoms with E-state index in [9.17, 15) is 8.42 Å². The van der Waals surface area contributed by atoms with Crippen LogP contribution in [-0.4, -0.2) is 54.5 Å². The molecule has 0 saturated carbocycles. The maximum Gasteiger partial charge on any atom is 0.156 e. The molecule has 3 N–H and O–H groups in total. The molecule has 2 unspecified atom stereocenters. The fourth-order valence-electron chi connectivity index (χ4n) is 2.15. The number of oxime groups is 1. The van der Waals surface area contributed by atoms with Gasteiger partial charge in [0.25, 0.3) is 0 Å². The van der Waals surface area contributed by atoms with Crippen LogP contribution < -0.4 is 5.73 Å². The number of amidine groups is 1. The molecule has 0 aromatic heterocycles. The van der Waals surface area contributed by atoms with Gasteiger partial charge in [0.05, 0.1) is 17.5 Å². The number of nitrogens with two attached hydrogens (primary N) is 1. The van der Waals surface area contributed by atoms with Gasteiger partial charge in [0.2, 0.25) is 0 Å². The molecule has 0 amide bonds. The lowest BCUT2D eigenvalue weighted by atomic mass is 10.1. The number of nitrogens with zero attached hydrogens (tertiary/aromatic N) is 2. The van der Waals surface area contributed by atoms with Gasteiger partial charge in [0.15, 0.2) is 15.7 Å². The van der Waals surface area contributed by atoms with Gasteiger partial charge < -0.3 is 10.9 Å². The molecule has 1 saturated heterocycles. The fraction of sp³-hybridized carbons (Fsp3) is 0.889. The van der Waals surface area contributed by atoms with Crippen molar-refractivity contribution in [3.63, 3.8) is 0 Å². The molecule has 0 aromatic carbocycles. The summed E-state index contributed by atoms with van der Waals surface area (Å²) in [6.45, 7) is 4.22. The Morgan fingerprint density at radius 1 is 1.69 bits per heavy atom. The van der Waals surface area contributed by atoms with Gasteiger partial charge in [-0.1, -0.05) is 12.1 Å². The Balaban J connectivity index is 2.81. The number of hydrogen-bond donors (Lipinski definition) is 2. The van der Waals surface area contributed by atoms with Crippen LogP contribution in [0.5, 0.6) is 0 Å². The third-order valence-electron chi connectivity index (χ3n) is 2.97. The summed E-state index contributed by atoms with van der Waals surface area (Å²) >= 11 is 0. The van der Waals surface area contributed by atoms with Crippen LogP contribution >= 0.6 is 0 Å². The van der Waals surface area contributed by atoms with Gasteiger partial charge in [-0.3, -0.25) is 4.90 Å². The zero-order chi connectivity index (χ0) is 12.3. The number of rotatable bonds is 3. The van der Waals surface area contributed by atoms with Crippen LogP contribution in [0.4, 0.5) is 0 Å². The smallest absolute Gasteiger partial charge is 0.156 e. The van der Waals surface area contributed by atoms with E-state index in [0.717, 1.165) is 0 Å². The Kier molecular flexibility index (Phi) is 4.15. The van der Waals surface area contributed by atoms with E-state index in [1.54, 1.807) is 0 Å². The molecular weight excluding hydrogens is 230 g/mol. The van der Waals surface area contributed by atoms with Crippen LogP contribution in [-0.2, 0) is 9.84 Å². The van der Waals surface area contributed by atoms with Gasteiger partial charge in [0.1, 0.15) is 0 Å². The van der Waals surface area contributed by atoms with Gasteiger partial charge in [-0.15, -0.1) is 0 Å². The molecule has 1 fully saturated rings. The van der Waals surface area contributed by atoms with Gasteiger partial charge in [-0.25, -0.2) is 8.42 Å². The highest BCUT2D eigenvalue weighted by molar-refractivity contribution is 7.91. The lowest BCUT2D eigenvalue weighted by Gasteiger charge is -2.38. The quantitative estimate of drug-likeness (QED) is 0.308. The number of sulfone groups is 1. The summed E-state index contributed by atoms with van der Waals surface area (Å²) in [5.41, 5.74) is 5.60. The van der Waals surface area contributed by atoms with Gasteiger partial charge in [0, 0.05) is 12.6 Å². The predicted molar refractivity (Wildman–Crippen MR) is 62.3 cm³/mol. The summed E-state index contributed by atoms with van der Waals surface area (Å²) in [4.78, 5) is 1.98. The topological polar surface area (TPSA) is 96.0 Å². The van der Waals surface area contributed by atoms with E-state index in [-0.39, 0.29) is 29.4 Å². The lowest BCUT2D eigenvalue weighted by Crippen LogP contribution is -2.55. The average molecular weight is 249 g/mol. The van der Waals surface area contributed by atoms with Crippen molar-refractivity contribution in [1.29, 1.82) is 0 Å². The molecular formula is C9H19N3O3S. The van der Waals surface area contributed by atoms with Crippen molar-refractivity contribution < 1.29 is 13.6 Å². The molecule has 94 valence electrons. The van der Waals surface area contributed by atoms with E-state index < -0.39 is 9.84 Å². The van der Waals surface area contributed by atoms with Gasteiger partial charge in [-0.05, 0) is 13.3 Å². The standard InChI is InChI=1S/C9H19N3O3S/c1-3-8(9(10)11-13)12-4-5-16(14,15)6-7(12)2/h7-8,13H,3-6H2,1-2H3,(H2,10,11). The van der Waals surface area contributed by atoms with Crippen molar-refractivity contribution in [2.75, 3.05) is 18.1 Å². The van der Waals surface area contributed by atoms with Gasteiger partial charge in [-0.2, -0.15) is 0 Å². The Bertz CT molecular complexity index is 366. The van der Waals surface area contributed by atoms with Crippen molar-refractivity contribution in [2.45, 2.75) is 32.4 Å². The van der Waals surface area contributed by atoms with Crippen LogP contribution in [0.25, 0.3) is 0 Å². The zero-order valence-corrected chi connectivity index (χ0v) is 10.4. The SMILES string of the molecule is CCC(C(N)=NO)N1CCS(=O)(=O)CC1C. The van der Waals surface area contributed by atoms with Crippen molar-refractivity contribution in [2.24, 2.45) is 10.9 Å². The highest BCUT2D eigenvalue weighted by Crippen LogP contribution is 2.16. The van der Waals surface area contributed by atoms with Crippen LogP contribution in [0.15, 0.2) is 5.16 Å². The minimum Gasteiger partial charge on any atom is -0.409 e. The first-order valence-corrected chi connectivity index (χ1v) is 7.17. The number of hydrogen-bond acceptors (Lipinski definition) is 5. The van der Waals surface area contributed by atoms with Crippen molar-refractivity contribution in [1.82, 2.24) is 4.90 Å². The Labute approximate surface area is 96.0 Å². The van der Waals surface area contributed by atoms with E-state index in [1.165, 1.54) is 0 Å². The predicted octanol–water partition coefficient (Wildman–Crippen LogP) is -0.370. The fourth-order valence-corrected chi connectivity index (χ4v) is 3.74. The Hall–Kier alpha value is -0.820. The Morgan fingerprint density at radius 2 is 2.31 bits per heavy atom. The minimum atomic E-state index is -2.92. The van der Waals surface area contributed by atoms with E-state index in [0.29, 0.717) is 13.0 Å². The summed E-state index contributed by atoms with van der Waals surface area (Å²) in [7, 11) is -2.92. The van der Waals surface area contributed by atoms with Crippen LogP contribution in [0.3, 0.4) is 0 Å². The molecule has 0 radical (unpaired) electrons. The molecule has 7 heteroatoms. The lowest BCUT2D eigenvalue weighted by molar-refractivity contribution is 0.188. The van der Waals surface area contributed by atoms with Crippen molar-refractivity contribution >= 4 is 15.7 Å². The largest absolute Gasteiger partial charge is 0.409 e. The summed E-state index contributed by atoms with van der Waals surface area (Å²) in [5, 5.41) is 11.7. The van der Waals surface area contributed by atoms with Crippen molar-refractivity contribution in [3.8, 4) is 0 Å². The molecule has 1 aliphatic rings. The zero-order valence-electron chi connectivity index (χ0n) is 9.63. The molecule has 0 aliphatic carbocycles. The first-order valence-electron chi connectivity index (χ1n) is 5.35. The van der Waals surface area contributed by atoms with E-state index >= 15 is 0 Å². The molecule has 0 bridgehead atoms. The molecule has 1 heterocycles. The molecule has 6 nitrogen and oxygen atoms in total. The van der Waals surface area contributed by atoms with Crippen LogP contribution in [0.1, 0.15) is 20.3 Å². The summed E-state index contributed by atoms with van der Waals surface area (Å²) in [5.74, 6) is 0.433. The minimum absolute atomic E-state index is 0.0935. The Morgan fingerprint density at radius 3 is 2.75 bits per heavy atom.